The first kappa shape index (κ1) is 73.5. The maximum atomic E-state index is 13.3. The summed E-state index contributed by atoms with van der Waals surface area (Å²) in [5.41, 5.74) is 0. The van der Waals surface area contributed by atoms with E-state index in [2.05, 4.69) is 36.6 Å². The van der Waals surface area contributed by atoms with Crippen LogP contribution in [0.1, 0.15) is 194 Å². The van der Waals surface area contributed by atoms with Gasteiger partial charge in [0.25, 0.3) is 5.79 Å². The molecule has 0 radical (unpaired) electrons. The lowest BCUT2D eigenvalue weighted by atomic mass is 9.88. The number of hydrogen-bond acceptors (Lipinski definition) is 20. The summed E-state index contributed by atoms with van der Waals surface area (Å²) in [5.74, 6) is -6.16. The van der Waals surface area contributed by atoms with Crippen LogP contribution in [-0.2, 0) is 42.8 Å². The molecule has 3 saturated heterocycles. The molecule has 0 spiro atoms. The molecule has 18 atom stereocenters. The van der Waals surface area contributed by atoms with E-state index in [4.69, 9.17) is 28.4 Å². The van der Waals surface area contributed by atoms with Crippen molar-refractivity contribution in [1.29, 1.82) is 0 Å². The lowest BCUT2D eigenvalue weighted by Gasteiger charge is -2.50. The zero-order valence-corrected chi connectivity index (χ0v) is 49.1. The van der Waals surface area contributed by atoms with Crippen LogP contribution in [0.25, 0.3) is 0 Å². The van der Waals surface area contributed by atoms with E-state index in [1.54, 1.807) is 6.08 Å². The fourth-order valence-corrected chi connectivity index (χ4v) is 10.6. The van der Waals surface area contributed by atoms with Gasteiger partial charge in [-0.05, 0) is 38.5 Å². The summed E-state index contributed by atoms with van der Waals surface area (Å²) in [4.78, 5) is 38.3. The van der Waals surface area contributed by atoms with Gasteiger partial charge in [-0.3, -0.25) is 9.59 Å². The van der Waals surface area contributed by atoms with E-state index in [1.165, 1.54) is 83.5 Å². The number of carboxylic acids is 1. The molecule has 82 heavy (non-hydrogen) atoms. The van der Waals surface area contributed by atoms with Gasteiger partial charge >= 0.3 is 5.97 Å². The number of carbonyl (C=O) groups excluding carboxylic acids is 2. The molecular formula is C59H106N2O21. The number of carboxylic acid groups (broad SMARTS) is 1. The normalized spacial score (nSPS) is 30.3. The molecule has 3 heterocycles. The number of aliphatic hydroxyl groups excluding tert-OH is 11. The average Bonchev–Trinajstić information content (AvgIpc) is 3.57. The first-order valence-corrected chi connectivity index (χ1v) is 30.7. The SMILES string of the molecule is CCCC/C=C\CCCCCCCC(=O)NC(COC1OC(CO)C(OC2OC(CO)C(O)C(OC3(C(=O)O)CC(O)C(NC(C)=O)C(C(O)C(O)CO)O3)C2O)C(O)C1O)C(O)/C=C/CCCCCCCCCCCCCCCCC. The minimum Gasteiger partial charge on any atom is -0.477 e. The van der Waals surface area contributed by atoms with Crippen LogP contribution in [0, 0.1) is 0 Å². The van der Waals surface area contributed by atoms with Gasteiger partial charge < -0.3 is 100 Å². The highest BCUT2D eigenvalue weighted by molar-refractivity contribution is 5.77. The third-order valence-electron chi connectivity index (χ3n) is 15.6. The summed E-state index contributed by atoms with van der Waals surface area (Å²) in [6.07, 6.45) is 6.81. The van der Waals surface area contributed by atoms with E-state index in [0.29, 0.717) is 12.8 Å². The highest BCUT2D eigenvalue weighted by Crippen LogP contribution is 2.38. The number of nitrogens with one attached hydrogen (secondary N) is 2. The number of hydrogen-bond donors (Lipinski definition) is 14. The van der Waals surface area contributed by atoms with E-state index in [1.807, 2.05) is 6.08 Å². The number of rotatable bonds is 44. The van der Waals surface area contributed by atoms with Crippen molar-refractivity contribution >= 4 is 17.8 Å². The topological polar surface area (TPSA) is 373 Å². The van der Waals surface area contributed by atoms with Crippen LogP contribution in [0.15, 0.2) is 24.3 Å². The molecule has 478 valence electrons. The first-order chi connectivity index (χ1) is 39.4. The fourth-order valence-electron chi connectivity index (χ4n) is 10.6. The number of aliphatic hydroxyl groups is 11. The van der Waals surface area contributed by atoms with Crippen LogP contribution in [-0.4, -0.2) is 215 Å². The van der Waals surface area contributed by atoms with Crippen LogP contribution in [0.5, 0.6) is 0 Å². The molecule has 3 aliphatic heterocycles. The second-order valence-electron chi connectivity index (χ2n) is 22.6. The maximum absolute atomic E-state index is 13.3. The highest BCUT2D eigenvalue weighted by Gasteiger charge is 2.60. The Morgan fingerprint density at radius 1 is 0.634 bits per heavy atom. The Morgan fingerprint density at radius 3 is 1.70 bits per heavy atom. The Kier molecular flexibility index (Phi) is 37.0. The van der Waals surface area contributed by atoms with Gasteiger partial charge in [-0.2, -0.15) is 0 Å². The van der Waals surface area contributed by atoms with Crippen molar-refractivity contribution in [2.24, 2.45) is 0 Å². The van der Waals surface area contributed by atoms with Crippen molar-refractivity contribution < 1.29 is 104 Å². The zero-order chi connectivity index (χ0) is 60.5. The van der Waals surface area contributed by atoms with E-state index < -0.39 is 155 Å². The quantitative estimate of drug-likeness (QED) is 0.0308. The fraction of sp³-hybridized carbons (Fsp3) is 0.881. The van der Waals surface area contributed by atoms with Gasteiger partial charge in [0, 0.05) is 19.8 Å². The molecule has 2 amide bonds. The van der Waals surface area contributed by atoms with Crippen molar-refractivity contribution in [2.75, 3.05) is 26.4 Å². The summed E-state index contributed by atoms with van der Waals surface area (Å²) in [6, 6.07) is -2.62. The van der Waals surface area contributed by atoms with Gasteiger partial charge in [0.15, 0.2) is 12.6 Å². The molecule has 14 N–H and O–H groups in total. The largest absolute Gasteiger partial charge is 0.477 e. The average molecular weight is 1180 g/mol. The molecule has 0 bridgehead atoms. The van der Waals surface area contributed by atoms with E-state index in [0.717, 1.165) is 71.1 Å². The Bertz CT molecular complexity index is 1780. The maximum Gasteiger partial charge on any atom is 0.364 e. The molecule has 18 unspecified atom stereocenters. The molecule has 3 rings (SSSR count). The number of carbonyl (C=O) groups is 3. The van der Waals surface area contributed by atoms with Gasteiger partial charge in [0.2, 0.25) is 11.8 Å². The summed E-state index contributed by atoms with van der Waals surface area (Å²) in [7, 11) is 0. The van der Waals surface area contributed by atoms with Gasteiger partial charge in [-0.1, -0.05) is 160 Å². The van der Waals surface area contributed by atoms with Crippen molar-refractivity contribution in [3.63, 3.8) is 0 Å². The molecule has 3 aliphatic rings. The first-order valence-electron chi connectivity index (χ1n) is 30.7. The number of allylic oxidation sites excluding steroid dienone is 3. The van der Waals surface area contributed by atoms with Crippen molar-refractivity contribution in [1.82, 2.24) is 10.6 Å². The van der Waals surface area contributed by atoms with Gasteiger partial charge in [-0.25, -0.2) is 4.79 Å². The number of amides is 2. The molecule has 0 aromatic rings. The van der Waals surface area contributed by atoms with Crippen LogP contribution in [0.4, 0.5) is 0 Å². The highest BCUT2D eigenvalue weighted by atomic mass is 16.8. The number of unbranched alkanes of at least 4 members (excludes halogenated alkanes) is 22. The monoisotopic (exact) mass is 1180 g/mol. The molecule has 23 nitrogen and oxygen atoms in total. The second-order valence-corrected chi connectivity index (χ2v) is 22.6. The summed E-state index contributed by atoms with van der Waals surface area (Å²) >= 11 is 0. The molecule has 0 aromatic heterocycles. The van der Waals surface area contributed by atoms with Gasteiger partial charge in [0.05, 0.1) is 50.7 Å². The lowest BCUT2D eigenvalue weighted by molar-refractivity contribution is -0.386. The predicted octanol–water partition coefficient (Wildman–Crippen LogP) is 2.94. The van der Waals surface area contributed by atoms with E-state index >= 15 is 0 Å². The number of aliphatic carboxylic acids is 1. The smallest absolute Gasteiger partial charge is 0.364 e. The van der Waals surface area contributed by atoms with E-state index in [-0.39, 0.29) is 12.3 Å². The molecule has 0 aliphatic carbocycles. The molecule has 3 fully saturated rings. The molecule has 23 heteroatoms. The Labute approximate surface area is 485 Å². The zero-order valence-electron chi connectivity index (χ0n) is 49.1. The molecule has 0 aromatic carbocycles. The van der Waals surface area contributed by atoms with Crippen molar-refractivity contribution in [3.8, 4) is 0 Å². The predicted molar refractivity (Wildman–Crippen MR) is 301 cm³/mol. The Morgan fingerprint density at radius 2 is 1.16 bits per heavy atom. The summed E-state index contributed by atoms with van der Waals surface area (Å²) in [5, 5.41) is 135. The van der Waals surface area contributed by atoms with Gasteiger partial charge in [0.1, 0.15) is 67.1 Å². The van der Waals surface area contributed by atoms with Crippen LogP contribution in [0.2, 0.25) is 0 Å². The van der Waals surface area contributed by atoms with Crippen LogP contribution in [0.3, 0.4) is 0 Å². The third kappa shape index (κ3) is 25.3. The summed E-state index contributed by atoms with van der Waals surface area (Å²) < 4.78 is 34.6. The third-order valence-corrected chi connectivity index (χ3v) is 15.6. The summed E-state index contributed by atoms with van der Waals surface area (Å²) in [6.45, 7) is 2.05. The minimum atomic E-state index is -3.08. The molecule has 0 saturated carbocycles. The minimum absolute atomic E-state index is 0.189. The Hall–Kier alpha value is -2.79. The standard InChI is InChI=1S/C59H106N2O21/c1-4-6-8-10-12-14-16-17-18-19-20-21-23-24-26-28-30-32-41(66)40(61-46(69)33-31-29-27-25-22-15-13-11-9-7-5-2)38-77-56-51(73)50(72)53(45(37-64)79-56)80-57-52(74)55(49(71)44(36-63)78-57)82-59(58(75)76)34-42(67)47(60-39(3)65)54(81-59)48(70)43(68)35-62/h11,13,30,32,40-45,47-57,62-64,66-68,70-74H,4-10,12,14-29,31,33-38H2,1-3H3,(H,60,65)(H,61,69)(H,75,76)/b13-11-,32-30+. The second kappa shape index (κ2) is 41.3. The lowest BCUT2D eigenvalue weighted by Crippen LogP contribution is -2.70. The van der Waals surface area contributed by atoms with Gasteiger partial charge in [-0.15, -0.1) is 0 Å². The van der Waals surface area contributed by atoms with Crippen LogP contribution >= 0.6 is 0 Å². The van der Waals surface area contributed by atoms with E-state index in [9.17, 15) is 75.7 Å². The molecular weight excluding hydrogens is 1070 g/mol. The van der Waals surface area contributed by atoms with Crippen molar-refractivity contribution in [3.05, 3.63) is 24.3 Å². The number of ether oxygens (including phenoxy) is 6. The van der Waals surface area contributed by atoms with Crippen molar-refractivity contribution in [2.45, 2.75) is 304 Å². The van der Waals surface area contributed by atoms with Crippen LogP contribution < -0.4 is 10.6 Å². The Balaban J connectivity index is 1.67.